The summed E-state index contributed by atoms with van der Waals surface area (Å²) in [6.45, 7) is 2.01. The number of nitriles is 1. The molecule has 0 saturated heterocycles. The molecule has 2 heteroatoms. The summed E-state index contributed by atoms with van der Waals surface area (Å²) in [7, 11) is 0. The predicted octanol–water partition coefficient (Wildman–Crippen LogP) is 1.61. The van der Waals surface area contributed by atoms with Crippen LogP contribution in [0.15, 0.2) is 36.7 Å². The Kier molecular flexibility index (Phi) is 1.71. The molecule has 2 rings (SSSR count). The normalized spacial score (nSPS) is 9.85. The summed E-state index contributed by atoms with van der Waals surface area (Å²) < 4.78 is 1.97. The van der Waals surface area contributed by atoms with Crippen molar-refractivity contribution in [3.8, 4) is 6.07 Å². The SMILES string of the molecule is Cc1cc(C#N)c[n+]2ccccc12. The molecule has 0 aliphatic carbocycles. The highest BCUT2D eigenvalue weighted by molar-refractivity contribution is 5.49. The zero-order valence-electron chi connectivity index (χ0n) is 7.36. The van der Waals surface area contributed by atoms with Gasteiger partial charge >= 0.3 is 0 Å². The zero-order valence-corrected chi connectivity index (χ0v) is 7.36. The fourth-order valence-corrected chi connectivity index (χ4v) is 1.46. The van der Waals surface area contributed by atoms with Crippen LogP contribution in [0.25, 0.3) is 5.52 Å². The minimum atomic E-state index is 0.696. The third-order valence-corrected chi connectivity index (χ3v) is 2.07. The van der Waals surface area contributed by atoms with Crippen molar-refractivity contribution in [3.63, 3.8) is 0 Å². The molecule has 0 unspecified atom stereocenters. The molecule has 0 spiro atoms. The number of hydrogen-bond donors (Lipinski definition) is 0. The van der Waals surface area contributed by atoms with E-state index in [0.717, 1.165) is 11.1 Å². The third-order valence-electron chi connectivity index (χ3n) is 2.07. The number of aromatic nitrogens is 1. The molecule has 0 atom stereocenters. The Morgan fingerprint density at radius 2 is 2.23 bits per heavy atom. The lowest BCUT2D eigenvalue weighted by atomic mass is 10.2. The van der Waals surface area contributed by atoms with Gasteiger partial charge in [0, 0.05) is 17.7 Å². The molecule has 0 amide bonds. The lowest BCUT2D eigenvalue weighted by Gasteiger charge is -1.94. The van der Waals surface area contributed by atoms with Crippen LogP contribution in [-0.4, -0.2) is 0 Å². The molecule has 0 radical (unpaired) electrons. The first-order valence-electron chi connectivity index (χ1n) is 4.12. The van der Waals surface area contributed by atoms with E-state index in [4.69, 9.17) is 5.26 Å². The smallest absolute Gasteiger partial charge is 0.192 e. The van der Waals surface area contributed by atoms with Gasteiger partial charge in [0.2, 0.25) is 5.52 Å². The van der Waals surface area contributed by atoms with Crippen LogP contribution in [0.4, 0.5) is 0 Å². The van der Waals surface area contributed by atoms with Crippen molar-refractivity contribution in [1.82, 2.24) is 0 Å². The second kappa shape index (κ2) is 2.87. The summed E-state index contributed by atoms with van der Waals surface area (Å²) >= 11 is 0. The van der Waals surface area contributed by atoms with Crippen molar-refractivity contribution in [2.75, 3.05) is 0 Å². The second-order valence-electron chi connectivity index (χ2n) is 3.02. The molecule has 0 N–H and O–H groups in total. The van der Waals surface area contributed by atoms with Crippen LogP contribution in [0.3, 0.4) is 0 Å². The van der Waals surface area contributed by atoms with E-state index in [9.17, 15) is 0 Å². The molecular weight excluding hydrogens is 160 g/mol. The maximum absolute atomic E-state index is 8.76. The summed E-state index contributed by atoms with van der Waals surface area (Å²) in [4.78, 5) is 0. The summed E-state index contributed by atoms with van der Waals surface area (Å²) in [6.07, 6.45) is 3.78. The summed E-state index contributed by atoms with van der Waals surface area (Å²) in [5.74, 6) is 0. The van der Waals surface area contributed by atoms with Gasteiger partial charge < -0.3 is 0 Å². The number of aryl methyl sites for hydroxylation is 1. The van der Waals surface area contributed by atoms with E-state index in [-0.39, 0.29) is 0 Å². The average molecular weight is 169 g/mol. The van der Waals surface area contributed by atoms with Gasteiger partial charge in [0.25, 0.3) is 0 Å². The van der Waals surface area contributed by atoms with E-state index in [2.05, 4.69) is 6.07 Å². The molecule has 2 aromatic heterocycles. The van der Waals surface area contributed by atoms with E-state index < -0.39 is 0 Å². The quantitative estimate of drug-likeness (QED) is 0.550. The van der Waals surface area contributed by atoms with Crippen molar-refractivity contribution < 1.29 is 4.40 Å². The molecule has 2 nitrogen and oxygen atoms in total. The van der Waals surface area contributed by atoms with Gasteiger partial charge in [-0.1, -0.05) is 0 Å². The molecule has 62 valence electrons. The molecule has 0 aliphatic rings. The topological polar surface area (TPSA) is 27.9 Å². The average Bonchev–Trinajstić information content (AvgIpc) is 2.18. The molecule has 0 bridgehead atoms. The Morgan fingerprint density at radius 1 is 1.38 bits per heavy atom. The zero-order chi connectivity index (χ0) is 9.26. The number of hydrogen-bond acceptors (Lipinski definition) is 1. The first-order chi connectivity index (χ1) is 6.31. The molecule has 13 heavy (non-hydrogen) atoms. The number of nitrogens with zero attached hydrogens (tertiary/aromatic N) is 2. The van der Waals surface area contributed by atoms with E-state index >= 15 is 0 Å². The van der Waals surface area contributed by atoms with Gasteiger partial charge in [-0.3, -0.25) is 0 Å². The summed E-state index contributed by atoms with van der Waals surface area (Å²) in [5, 5.41) is 8.76. The van der Waals surface area contributed by atoms with Crippen molar-refractivity contribution in [3.05, 3.63) is 47.8 Å². The first kappa shape index (κ1) is 7.75. The van der Waals surface area contributed by atoms with Crippen LogP contribution in [0.1, 0.15) is 11.1 Å². The Morgan fingerprint density at radius 3 is 3.00 bits per heavy atom. The molecular formula is C11H9N2+. The van der Waals surface area contributed by atoms with Gasteiger partial charge in [-0.2, -0.15) is 9.66 Å². The molecule has 0 fully saturated rings. The summed E-state index contributed by atoms with van der Waals surface area (Å²) in [6, 6.07) is 10.0. The molecule has 0 aromatic carbocycles. The Labute approximate surface area is 76.7 Å². The van der Waals surface area contributed by atoms with Crippen molar-refractivity contribution >= 4 is 5.52 Å². The molecule has 0 aliphatic heterocycles. The number of pyridine rings is 2. The highest BCUT2D eigenvalue weighted by Crippen LogP contribution is 2.06. The van der Waals surface area contributed by atoms with Crippen molar-refractivity contribution in [1.29, 1.82) is 5.26 Å². The maximum Gasteiger partial charge on any atom is 0.213 e. The molecule has 0 saturated carbocycles. The maximum atomic E-state index is 8.76. The monoisotopic (exact) mass is 169 g/mol. The Bertz CT molecular complexity index is 495. The summed E-state index contributed by atoms with van der Waals surface area (Å²) in [5.41, 5.74) is 2.96. The van der Waals surface area contributed by atoms with Gasteiger partial charge in [-0.05, 0) is 19.1 Å². The number of fused-ring (bicyclic) bond motifs is 1. The molecule has 2 heterocycles. The third kappa shape index (κ3) is 1.25. The number of rotatable bonds is 0. The van der Waals surface area contributed by atoms with Crippen LogP contribution in [0.5, 0.6) is 0 Å². The Balaban J connectivity index is 2.86. The molecule has 2 aromatic rings. The Hall–Kier alpha value is -1.88. The van der Waals surface area contributed by atoms with Gasteiger partial charge in [-0.25, -0.2) is 0 Å². The van der Waals surface area contributed by atoms with Crippen LogP contribution in [-0.2, 0) is 0 Å². The lowest BCUT2D eigenvalue weighted by molar-refractivity contribution is -0.512. The van der Waals surface area contributed by atoms with Crippen LogP contribution in [0, 0.1) is 18.3 Å². The fraction of sp³-hybridized carbons (Fsp3) is 0.0909. The lowest BCUT2D eigenvalue weighted by Crippen LogP contribution is -2.21. The minimum Gasteiger partial charge on any atom is -0.192 e. The highest BCUT2D eigenvalue weighted by atomic mass is 14.8. The van der Waals surface area contributed by atoms with Gasteiger partial charge in [-0.15, -0.1) is 0 Å². The van der Waals surface area contributed by atoms with Crippen LogP contribution >= 0.6 is 0 Å². The van der Waals surface area contributed by atoms with Crippen molar-refractivity contribution in [2.24, 2.45) is 0 Å². The van der Waals surface area contributed by atoms with Gasteiger partial charge in [0.15, 0.2) is 12.4 Å². The predicted molar refractivity (Wildman–Crippen MR) is 49.1 cm³/mol. The minimum absolute atomic E-state index is 0.696. The van der Waals surface area contributed by atoms with E-state index in [1.54, 1.807) is 0 Å². The largest absolute Gasteiger partial charge is 0.213 e. The van der Waals surface area contributed by atoms with Gasteiger partial charge in [0.05, 0.1) is 0 Å². The van der Waals surface area contributed by atoms with Crippen LogP contribution < -0.4 is 4.40 Å². The fourth-order valence-electron chi connectivity index (χ4n) is 1.46. The standard InChI is InChI=1S/C11H9N2/c1-9-6-10(7-12)8-13-5-3-2-4-11(9)13/h2-6,8H,1H3/q+1. The van der Waals surface area contributed by atoms with Crippen LogP contribution in [0.2, 0.25) is 0 Å². The highest BCUT2D eigenvalue weighted by Gasteiger charge is 2.06. The van der Waals surface area contributed by atoms with Crippen molar-refractivity contribution in [2.45, 2.75) is 6.92 Å². The second-order valence-corrected chi connectivity index (χ2v) is 3.02. The van der Waals surface area contributed by atoms with Gasteiger partial charge in [0.1, 0.15) is 11.6 Å². The first-order valence-corrected chi connectivity index (χ1v) is 4.12. The van der Waals surface area contributed by atoms with E-state index in [0.29, 0.717) is 5.56 Å². The van der Waals surface area contributed by atoms with E-state index in [1.807, 2.05) is 48.0 Å². The van der Waals surface area contributed by atoms with E-state index in [1.165, 1.54) is 0 Å².